The number of nitrogens with zero attached hydrogens (tertiary/aromatic N) is 3. The van der Waals surface area contributed by atoms with Crippen LogP contribution in [0.5, 0.6) is 0 Å². The first kappa shape index (κ1) is 11.2. The van der Waals surface area contributed by atoms with Crippen molar-refractivity contribution in [3.63, 3.8) is 0 Å². The highest BCUT2D eigenvalue weighted by Crippen LogP contribution is 2.26. The zero-order valence-corrected chi connectivity index (χ0v) is 11.1. The fraction of sp³-hybridized carbons (Fsp3) is 0.231. The summed E-state index contributed by atoms with van der Waals surface area (Å²) in [6.45, 7) is 4.19. The Bertz CT molecular complexity index is 636. The monoisotopic (exact) mass is 258 g/mol. The van der Waals surface area contributed by atoms with Gasteiger partial charge in [-0.2, -0.15) is 11.3 Å². The second kappa shape index (κ2) is 4.42. The average molecular weight is 258 g/mol. The first-order valence-electron chi connectivity index (χ1n) is 5.82. The summed E-state index contributed by atoms with van der Waals surface area (Å²) in [5.41, 5.74) is 3.26. The molecule has 4 nitrogen and oxygen atoms in total. The van der Waals surface area contributed by atoms with Gasteiger partial charge < -0.3 is 9.55 Å². The number of rotatable bonds is 3. The second-order valence-corrected chi connectivity index (χ2v) is 5.05. The molecule has 0 saturated heterocycles. The van der Waals surface area contributed by atoms with Crippen LogP contribution in [0.2, 0.25) is 0 Å². The SMILES string of the molecule is Cc1[nH]cnc1-c1nccn1C(C)c1ccsc1. The van der Waals surface area contributed by atoms with Crippen molar-refractivity contribution in [2.45, 2.75) is 19.9 Å². The van der Waals surface area contributed by atoms with Crippen molar-refractivity contribution in [2.75, 3.05) is 0 Å². The number of aromatic amines is 1. The molecule has 1 N–H and O–H groups in total. The third-order valence-corrected chi connectivity index (χ3v) is 3.85. The van der Waals surface area contributed by atoms with Crippen molar-refractivity contribution in [3.05, 3.63) is 46.8 Å². The number of nitrogens with one attached hydrogen (secondary N) is 1. The predicted molar refractivity (Wildman–Crippen MR) is 72.7 cm³/mol. The number of hydrogen-bond acceptors (Lipinski definition) is 3. The fourth-order valence-electron chi connectivity index (χ4n) is 2.07. The minimum absolute atomic E-state index is 0.268. The molecule has 1 unspecified atom stereocenters. The number of aryl methyl sites for hydroxylation is 1. The number of imidazole rings is 2. The van der Waals surface area contributed by atoms with Crippen LogP contribution in [0.1, 0.15) is 24.2 Å². The van der Waals surface area contributed by atoms with Crippen LogP contribution >= 0.6 is 11.3 Å². The Labute approximate surface area is 109 Å². The normalized spacial score (nSPS) is 12.8. The van der Waals surface area contributed by atoms with Crippen molar-refractivity contribution in [3.8, 4) is 11.5 Å². The molecule has 3 aromatic rings. The van der Waals surface area contributed by atoms with E-state index in [-0.39, 0.29) is 6.04 Å². The molecule has 0 aromatic carbocycles. The summed E-state index contributed by atoms with van der Waals surface area (Å²) in [5.74, 6) is 0.910. The van der Waals surface area contributed by atoms with Crippen molar-refractivity contribution in [2.24, 2.45) is 0 Å². The van der Waals surface area contributed by atoms with E-state index in [1.54, 1.807) is 17.7 Å². The molecule has 5 heteroatoms. The number of thiophene rings is 1. The Morgan fingerprint density at radius 1 is 1.39 bits per heavy atom. The van der Waals surface area contributed by atoms with Crippen LogP contribution in [-0.4, -0.2) is 19.5 Å². The lowest BCUT2D eigenvalue weighted by molar-refractivity contribution is 0.646. The van der Waals surface area contributed by atoms with Crippen molar-refractivity contribution in [1.29, 1.82) is 0 Å². The quantitative estimate of drug-likeness (QED) is 0.784. The Hall–Kier alpha value is -1.88. The van der Waals surface area contributed by atoms with Gasteiger partial charge in [0, 0.05) is 18.1 Å². The van der Waals surface area contributed by atoms with E-state index in [0.29, 0.717) is 0 Å². The van der Waals surface area contributed by atoms with Crippen LogP contribution in [0.4, 0.5) is 0 Å². The first-order chi connectivity index (χ1) is 8.77. The summed E-state index contributed by atoms with van der Waals surface area (Å²) in [4.78, 5) is 11.9. The van der Waals surface area contributed by atoms with Crippen LogP contribution in [0.3, 0.4) is 0 Å². The van der Waals surface area contributed by atoms with Gasteiger partial charge in [0.05, 0.1) is 12.4 Å². The van der Waals surface area contributed by atoms with Crippen molar-refractivity contribution < 1.29 is 0 Å². The summed E-state index contributed by atoms with van der Waals surface area (Å²) in [7, 11) is 0. The third-order valence-electron chi connectivity index (χ3n) is 3.15. The van der Waals surface area contributed by atoms with Crippen LogP contribution in [0.15, 0.2) is 35.5 Å². The van der Waals surface area contributed by atoms with Gasteiger partial charge in [-0.15, -0.1) is 0 Å². The summed E-state index contributed by atoms with van der Waals surface area (Å²) >= 11 is 1.72. The van der Waals surface area contributed by atoms with Gasteiger partial charge in [0.1, 0.15) is 5.69 Å². The van der Waals surface area contributed by atoms with E-state index >= 15 is 0 Å². The maximum absolute atomic E-state index is 4.43. The maximum atomic E-state index is 4.43. The van der Waals surface area contributed by atoms with E-state index in [4.69, 9.17) is 0 Å². The molecular weight excluding hydrogens is 244 g/mol. The van der Waals surface area contributed by atoms with Crippen LogP contribution in [0.25, 0.3) is 11.5 Å². The summed E-state index contributed by atoms with van der Waals surface area (Å²) < 4.78 is 2.16. The topological polar surface area (TPSA) is 46.5 Å². The molecule has 0 amide bonds. The fourth-order valence-corrected chi connectivity index (χ4v) is 2.81. The summed E-state index contributed by atoms with van der Waals surface area (Å²) in [6, 6.07) is 2.42. The smallest absolute Gasteiger partial charge is 0.161 e. The molecular formula is C13H14N4S. The van der Waals surface area contributed by atoms with Crippen molar-refractivity contribution in [1.82, 2.24) is 19.5 Å². The van der Waals surface area contributed by atoms with Gasteiger partial charge in [-0.05, 0) is 36.2 Å². The van der Waals surface area contributed by atoms with E-state index in [1.165, 1.54) is 5.56 Å². The molecule has 0 radical (unpaired) electrons. The zero-order chi connectivity index (χ0) is 12.5. The average Bonchev–Trinajstić information content (AvgIpc) is 3.09. The molecule has 1 atom stereocenters. The minimum Gasteiger partial charge on any atom is -0.348 e. The number of H-pyrrole nitrogens is 1. The highest BCUT2D eigenvalue weighted by Gasteiger charge is 2.16. The van der Waals surface area contributed by atoms with Gasteiger partial charge in [-0.25, -0.2) is 9.97 Å². The van der Waals surface area contributed by atoms with Gasteiger partial charge in [-0.3, -0.25) is 0 Å². The standard InChI is InChI=1S/C13H14N4S/c1-9-12(16-8-15-9)13-14-4-5-17(13)10(2)11-3-6-18-7-11/h3-8,10H,1-2H3,(H,15,16). The summed E-state index contributed by atoms with van der Waals surface area (Å²) in [5, 5.41) is 4.27. The molecule has 0 spiro atoms. The molecule has 0 fully saturated rings. The van der Waals surface area contributed by atoms with Gasteiger partial charge in [0.2, 0.25) is 0 Å². The molecule has 3 heterocycles. The first-order valence-corrected chi connectivity index (χ1v) is 6.77. The van der Waals surface area contributed by atoms with Gasteiger partial charge >= 0.3 is 0 Å². The van der Waals surface area contributed by atoms with Crippen LogP contribution < -0.4 is 0 Å². The van der Waals surface area contributed by atoms with Crippen LogP contribution in [0, 0.1) is 6.92 Å². The number of aromatic nitrogens is 4. The third kappa shape index (κ3) is 1.76. The molecule has 0 aliphatic rings. The Morgan fingerprint density at radius 3 is 2.94 bits per heavy atom. The van der Waals surface area contributed by atoms with Gasteiger partial charge in [0.15, 0.2) is 5.82 Å². The molecule has 3 aromatic heterocycles. The molecule has 18 heavy (non-hydrogen) atoms. The second-order valence-electron chi connectivity index (χ2n) is 4.27. The lowest BCUT2D eigenvalue weighted by Crippen LogP contribution is -2.07. The lowest BCUT2D eigenvalue weighted by atomic mass is 10.2. The molecule has 0 saturated carbocycles. The van der Waals surface area contributed by atoms with E-state index in [2.05, 4.69) is 43.3 Å². The molecule has 3 rings (SSSR count). The Balaban J connectivity index is 2.05. The highest BCUT2D eigenvalue weighted by molar-refractivity contribution is 7.07. The molecule has 0 aliphatic carbocycles. The summed E-state index contributed by atoms with van der Waals surface area (Å²) in [6.07, 6.45) is 5.54. The molecule has 92 valence electrons. The van der Waals surface area contributed by atoms with Gasteiger partial charge in [0.25, 0.3) is 0 Å². The number of hydrogen-bond donors (Lipinski definition) is 1. The largest absolute Gasteiger partial charge is 0.348 e. The predicted octanol–water partition coefficient (Wildman–Crippen LogP) is 3.25. The molecule has 0 bridgehead atoms. The van der Waals surface area contributed by atoms with Gasteiger partial charge in [-0.1, -0.05) is 0 Å². The minimum atomic E-state index is 0.268. The van der Waals surface area contributed by atoms with E-state index < -0.39 is 0 Å². The Kier molecular flexibility index (Phi) is 2.76. The maximum Gasteiger partial charge on any atom is 0.161 e. The highest BCUT2D eigenvalue weighted by atomic mass is 32.1. The van der Waals surface area contributed by atoms with Crippen LogP contribution in [-0.2, 0) is 0 Å². The lowest BCUT2D eigenvalue weighted by Gasteiger charge is -2.14. The zero-order valence-electron chi connectivity index (χ0n) is 10.3. The van der Waals surface area contributed by atoms with E-state index in [0.717, 1.165) is 17.2 Å². The molecule has 0 aliphatic heterocycles. The van der Waals surface area contributed by atoms with E-state index in [9.17, 15) is 0 Å². The van der Waals surface area contributed by atoms with E-state index in [1.807, 2.05) is 19.3 Å². The Morgan fingerprint density at radius 2 is 2.28 bits per heavy atom. The van der Waals surface area contributed by atoms with Crippen molar-refractivity contribution >= 4 is 11.3 Å².